The first kappa shape index (κ1) is 9.73. The lowest BCUT2D eigenvalue weighted by Gasteiger charge is -2.20. The largest absolute Gasteiger partial charge is 0.382 e. The summed E-state index contributed by atoms with van der Waals surface area (Å²) in [5.41, 5.74) is 5.46. The van der Waals surface area contributed by atoms with Crippen LogP contribution >= 0.6 is 11.8 Å². The van der Waals surface area contributed by atoms with E-state index in [0.717, 1.165) is 31.1 Å². The number of aromatic nitrogens is 2. The van der Waals surface area contributed by atoms with Gasteiger partial charge >= 0.3 is 0 Å². The summed E-state index contributed by atoms with van der Waals surface area (Å²) in [5.74, 6) is 0.473. The lowest BCUT2D eigenvalue weighted by atomic mass is 10.2. The van der Waals surface area contributed by atoms with Crippen molar-refractivity contribution in [3.8, 4) is 0 Å². The van der Waals surface area contributed by atoms with E-state index in [1.165, 1.54) is 0 Å². The van der Waals surface area contributed by atoms with Crippen LogP contribution in [0.4, 0.5) is 5.82 Å². The fourth-order valence-corrected chi connectivity index (χ4v) is 2.35. The topological polar surface area (TPSA) is 61.0 Å². The first-order valence-corrected chi connectivity index (χ1v) is 5.54. The van der Waals surface area contributed by atoms with Crippen molar-refractivity contribution in [2.24, 2.45) is 0 Å². The molecule has 0 aromatic carbocycles. The molecule has 0 unspecified atom stereocenters. The van der Waals surface area contributed by atoms with Crippen LogP contribution in [0, 0.1) is 0 Å². The monoisotopic (exact) mass is 211 g/mol. The minimum absolute atomic E-state index is 0.473. The molecule has 0 saturated carbocycles. The van der Waals surface area contributed by atoms with Crippen molar-refractivity contribution in [2.75, 3.05) is 18.9 Å². The SMILES string of the molecule is Nc1cnc(SC2CCOCC2)cn1. The van der Waals surface area contributed by atoms with E-state index in [0.29, 0.717) is 11.1 Å². The molecule has 1 saturated heterocycles. The summed E-state index contributed by atoms with van der Waals surface area (Å²) in [5, 5.41) is 1.56. The van der Waals surface area contributed by atoms with Gasteiger partial charge in [0.15, 0.2) is 0 Å². The van der Waals surface area contributed by atoms with Gasteiger partial charge in [0.05, 0.1) is 12.4 Å². The van der Waals surface area contributed by atoms with Crippen molar-refractivity contribution in [3.05, 3.63) is 12.4 Å². The second-order valence-electron chi connectivity index (χ2n) is 3.21. The summed E-state index contributed by atoms with van der Waals surface area (Å²) in [6.07, 6.45) is 5.52. The van der Waals surface area contributed by atoms with E-state index in [2.05, 4.69) is 9.97 Å². The Morgan fingerprint density at radius 3 is 2.71 bits per heavy atom. The molecule has 0 atom stereocenters. The molecule has 2 rings (SSSR count). The zero-order valence-electron chi connectivity index (χ0n) is 7.85. The first-order valence-electron chi connectivity index (χ1n) is 4.66. The third-order valence-corrected chi connectivity index (χ3v) is 3.36. The molecule has 2 heterocycles. The fourth-order valence-electron chi connectivity index (χ4n) is 1.35. The number of nitrogens with two attached hydrogens (primary N) is 1. The second-order valence-corrected chi connectivity index (χ2v) is 4.53. The van der Waals surface area contributed by atoms with Crippen molar-refractivity contribution in [2.45, 2.75) is 23.1 Å². The third-order valence-electron chi connectivity index (χ3n) is 2.10. The van der Waals surface area contributed by atoms with Gasteiger partial charge in [0.2, 0.25) is 0 Å². The average molecular weight is 211 g/mol. The highest BCUT2D eigenvalue weighted by atomic mass is 32.2. The maximum atomic E-state index is 5.46. The molecule has 2 N–H and O–H groups in total. The van der Waals surface area contributed by atoms with E-state index in [4.69, 9.17) is 10.5 Å². The number of rotatable bonds is 2. The lowest BCUT2D eigenvalue weighted by Crippen LogP contribution is -2.17. The van der Waals surface area contributed by atoms with Gasteiger partial charge in [0.1, 0.15) is 10.8 Å². The van der Waals surface area contributed by atoms with Crippen molar-refractivity contribution >= 4 is 17.6 Å². The number of hydrogen-bond acceptors (Lipinski definition) is 5. The summed E-state index contributed by atoms with van der Waals surface area (Å²) in [6, 6.07) is 0. The average Bonchev–Trinajstić information content (AvgIpc) is 2.23. The summed E-state index contributed by atoms with van der Waals surface area (Å²) in [7, 11) is 0. The molecule has 0 radical (unpaired) electrons. The van der Waals surface area contributed by atoms with Gasteiger partial charge in [-0.2, -0.15) is 0 Å². The highest BCUT2D eigenvalue weighted by Crippen LogP contribution is 2.27. The molecule has 76 valence electrons. The molecule has 0 amide bonds. The van der Waals surface area contributed by atoms with Gasteiger partial charge in [0.25, 0.3) is 0 Å². The Kier molecular flexibility index (Phi) is 3.21. The Balaban J connectivity index is 1.92. The van der Waals surface area contributed by atoms with Gasteiger partial charge in [-0.25, -0.2) is 9.97 Å². The van der Waals surface area contributed by atoms with E-state index >= 15 is 0 Å². The van der Waals surface area contributed by atoms with Gasteiger partial charge in [0, 0.05) is 18.5 Å². The molecule has 4 nitrogen and oxygen atoms in total. The normalized spacial score (nSPS) is 18.3. The van der Waals surface area contributed by atoms with Gasteiger partial charge in [-0.05, 0) is 12.8 Å². The zero-order valence-corrected chi connectivity index (χ0v) is 8.67. The predicted molar refractivity (Wildman–Crippen MR) is 56.1 cm³/mol. The molecular formula is C9H13N3OS. The molecule has 0 spiro atoms. The highest BCUT2D eigenvalue weighted by molar-refractivity contribution is 7.99. The van der Waals surface area contributed by atoms with Gasteiger partial charge < -0.3 is 10.5 Å². The number of hydrogen-bond donors (Lipinski definition) is 1. The quantitative estimate of drug-likeness (QED) is 0.799. The number of ether oxygens (including phenoxy) is 1. The van der Waals surface area contributed by atoms with Crippen LogP contribution < -0.4 is 5.73 Å². The lowest BCUT2D eigenvalue weighted by molar-refractivity contribution is 0.1000. The molecule has 1 aliphatic heterocycles. The molecule has 1 aromatic heterocycles. The number of nitrogens with zero attached hydrogens (tertiary/aromatic N) is 2. The molecule has 1 aromatic rings. The molecule has 1 fully saturated rings. The van der Waals surface area contributed by atoms with E-state index in [-0.39, 0.29) is 0 Å². The summed E-state index contributed by atoms with van der Waals surface area (Å²) >= 11 is 1.76. The number of anilines is 1. The van der Waals surface area contributed by atoms with Crippen molar-refractivity contribution in [3.63, 3.8) is 0 Å². The minimum Gasteiger partial charge on any atom is -0.382 e. The van der Waals surface area contributed by atoms with Crippen molar-refractivity contribution < 1.29 is 4.74 Å². The molecule has 1 aliphatic rings. The highest BCUT2D eigenvalue weighted by Gasteiger charge is 2.15. The maximum absolute atomic E-state index is 5.46. The number of thioether (sulfide) groups is 1. The Hall–Kier alpha value is -0.810. The summed E-state index contributed by atoms with van der Waals surface area (Å²) < 4.78 is 5.29. The van der Waals surface area contributed by atoms with Crippen LogP contribution in [-0.4, -0.2) is 28.4 Å². The van der Waals surface area contributed by atoms with Gasteiger partial charge in [-0.3, -0.25) is 0 Å². The first-order chi connectivity index (χ1) is 6.84. The third kappa shape index (κ3) is 2.59. The van der Waals surface area contributed by atoms with E-state index in [1.54, 1.807) is 24.2 Å². The van der Waals surface area contributed by atoms with E-state index < -0.39 is 0 Å². The molecule has 0 bridgehead atoms. The minimum atomic E-state index is 0.473. The molecular weight excluding hydrogens is 198 g/mol. The van der Waals surface area contributed by atoms with Crippen LogP contribution in [0.5, 0.6) is 0 Å². The smallest absolute Gasteiger partial charge is 0.141 e. The Morgan fingerprint density at radius 1 is 1.29 bits per heavy atom. The fraction of sp³-hybridized carbons (Fsp3) is 0.556. The Bertz CT molecular complexity index is 285. The van der Waals surface area contributed by atoms with Gasteiger partial charge in [-0.1, -0.05) is 0 Å². The van der Waals surface area contributed by atoms with Crippen molar-refractivity contribution in [1.29, 1.82) is 0 Å². The van der Waals surface area contributed by atoms with Crippen LogP contribution in [0.3, 0.4) is 0 Å². The predicted octanol–water partition coefficient (Wildman–Crippen LogP) is 1.33. The van der Waals surface area contributed by atoms with Crippen LogP contribution in [0.15, 0.2) is 17.4 Å². The van der Waals surface area contributed by atoms with E-state index in [1.807, 2.05) is 0 Å². The Morgan fingerprint density at radius 2 is 2.07 bits per heavy atom. The van der Waals surface area contributed by atoms with Crippen LogP contribution in [0.25, 0.3) is 0 Å². The number of nitrogen functional groups attached to an aromatic ring is 1. The molecule has 0 aliphatic carbocycles. The van der Waals surface area contributed by atoms with Crippen LogP contribution in [-0.2, 0) is 4.74 Å². The molecule has 5 heteroatoms. The Labute approximate surface area is 87.3 Å². The van der Waals surface area contributed by atoms with Gasteiger partial charge in [-0.15, -0.1) is 11.8 Å². The van der Waals surface area contributed by atoms with Crippen LogP contribution in [0.1, 0.15) is 12.8 Å². The zero-order chi connectivity index (χ0) is 9.80. The standard InChI is InChI=1S/C9H13N3OS/c10-8-5-12-9(6-11-8)14-7-1-3-13-4-2-7/h5-7H,1-4H2,(H2,10,11). The molecule has 14 heavy (non-hydrogen) atoms. The van der Waals surface area contributed by atoms with Crippen molar-refractivity contribution in [1.82, 2.24) is 9.97 Å². The maximum Gasteiger partial charge on any atom is 0.141 e. The van der Waals surface area contributed by atoms with E-state index in [9.17, 15) is 0 Å². The summed E-state index contributed by atoms with van der Waals surface area (Å²) in [6.45, 7) is 1.72. The summed E-state index contributed by atoms with van der Waals surface area (Å²) in [4.78, 5) is 8.21. The second kappa shape index (κ2) is 4.61. The van der Waals surface area contributed by atoms with Crippen LogP contribution in [0.2, 0.25) is 0 Å².